The van der Waals surface area contributed by atoms with Crippen LogP contribution in [0.5, 0.6) is 0 Å². The Morgan fingerprint density at radius 3 is 2.14 bits per heavy atom. The summed E-state index contributed by atoms with van der Waals surface area (Å²) in [6, 6.07) is 6.96. The second-order valence-corrected chi connectivity index (χ2v) is 10.6. The molecule has 0 unspecified atom stereocenters. The van der Waals surface area contributed by atoms with Crippen LogP contribution < -0.4 is 9.62 Å². The highest BCUT2D eigenvalue weighted by atomic mass is 32.2. The van der Waals surface area contributed by atoms with Gasteiger partial charge in [-0.2, -0.15) is 0 Å². The van der Waals surface area contributed by atoms with E-state index in [0.29, 0.717) is 5.69 Å². The lowest BCUT2D eigenvalue weighted by Gasteiger charge is -2.30. The first-order valence-corrected chi connectivity index (χ1v) is 11.9. The number of aromatic nitrogens is 1. The summed E-state index contributed by atoms with van der Waals surface area (Å²) in [6.45, 7) is 1.74. The van der Waals surface area contributed by atoms with Crippen LogP contribution in [0.4, 0.5) is 11.4 Å². The maximum Gasteiger partial charge on any atom is 0.262 e. The van der Waals surface area contributed by atoms with Gasteiger partial charge < -0.3 is 4.90 Å². The second kappa shape index (κ2) is 8.06. The Labute approximate surface area is 166 Å². The van der Waals surface area contributed by atoms with Gasteiger partial charge in [-0.25, -0.2) is 21.1 Å². The van der Waals surface area contributed by atoms with E-state index in [2.05, 4.69) is 14.6 Å². The van der Waals surface area contributed by atoms with Crippen LogP contribution in [-0.2, 0) is 20.0 Å². The number of hydrogen-bond acceptors (Lipinski definition) is 6. The van der Waals surface area contributed by atoms with Gasteiger partial charge in [0.05, 0.1) is 27.4 Å². The van der Waals surface area contributed by atoms with Gasteiger partial charge in [-0.3, -0.25) is 9.71 Å². The standard InChI is InChI=1S/C18H24N4O4S2/c1-21(2)28(25,26)16-8-6-15(7-9-16)27(23,24)20-17-14-19-11-10-18(17)22-12-4-3-5-13-22/h6-11,14,20H,3-5,12-13H2,1-2H3. The van der Waals surface area contributed by atoms with Crippen molar-refractivity contribution >= 4 is 31.4 Å². The van der Waals surface area contributed by atoms with Gasteiger partial charge in [0.2, 0.25) is 10.0 Å². The molecule has 0 atom stereocenters. The van der Waals surface area contributed by atoms with Gasteiger partial charge >= 0.3 is 0 Å². The molecule has 10 heteroatoms. The molecular formula is C18H24N4O4S2. The molecule has 1 N–H and O–H groups in total. The van der Waals surface area contributed by atoms with Gasteiger partial charge in [0, 0.05) is 33.4 Å². The number of anilines is 2. The van der Waals surface area contributed by atoms with E-state index >= 15 is 0 Å². The average Bonchev–Trinajstić information content (AvgIpc) is 2.69. The van der Waals surface area contributed by atoms with Crippen molar-refractivity contribution in [1.29, 1.82) is 0 Å². The minimum absolute atomic E-state index is 0.0151. The maximum atomic E-state index is 12.8. The summed E-state index contributed by atoms with van der Waals surface area (Å²) in [5, 5.41) is 0. The predicted octanol–water partition coefficient (Wildman–Crippen LogP) is 2.12. The van der Waals surface area contributed by atoms with Gasteiger partial charge in [0.1, 0.15) is 0 Å². The molecule has 1 aliphatic heterocycles. The SMILES string of the molecule is CN(C)S(=O)(=O)c1ccc(S(=O)(=O)Nc2cnccc2N2CCCCC2)cc1. The number of nitrogens with zero attached hydrogens (tertiary/aromatic N) is 3. The fourth-order valence-electron chi connectivity index (χ4n) is 3.08. The van der Waals surface area contributed by atoms with E-state index in [0.717, 1.165) is 35.9 Å². The Kier molecular flexibility index (Phi) is 5.92. The van der Waals surface area contributed by atoms with Gasteiger partial charge in [0.25, 0.3) is 10.0 Å². The zero-order chi connectivity index (χ0) is 20.4. The first-order valence-electron chi connectivity index (χ1n) is 8.96. The third-order valence-electron chi connectivity index (χ3n) is 4.65. The summed E-state index contributed by atoms with van der Waals surface area (Å²) < 4.78 is 53.6. The van der Waals surface area contributed by atoms with Crippen LogP contribution in [-0.4, -0.2) is 53.3 Å². The quantitative estimate of drug-likeness (QED) is 0.763. The molecule has 1 aromatic heterocycles. The highest BCUT2D eigenvalue weighted by Gasteiger charge is 2.22. The number of rotatable bonds is 6. The van der Waals surface area contributed by atoms with Crippen molar-refractivity contribution in [3.8, 4) is 0 Å². The topological polar surface area (TPSA) is 99.7 Å². The lowest BCUT2D eigenvalue weighted by Crippen LogP contribution is -2.30. The van der Waals surface area contributed by atoms with E-state index in [9.17, 15) is 16.8 Å². The minimum atomic E-state index is -3.88. The van der Waals surface area contributed by atoms with Crippen LogP contribution in [0.3, 0.4) is 0 Å². The van der Waals surface area contributed by atoms with E-state index in [1.165, 1.54) is 51.0 Å². The highest BCUT2D eigenvalue weighted by molar-refractivity contribution is 7.92. The van der Waals surface area contributed by atoms with Crippen molar-refractivity contribution < 1.29 is 16.8 Å². The first-order chi connectivity index (χ1) is 13.2. The number of nitrogens with one attached hydrogen (secondary N) is 1. The van der Waals surface area contributed by atoms with Crippen molar-refractivity contribution in [2.75, 3.05) is 36.8 Å². The van der Waals surface area contributed by atoms with Gasteiger partial charge in [-0.1, -0.05) is 0 Å². The summed E-state index contributed by atoms with van der Waals surface area (Å²) in [4.78, 5) is 6.21. The summed E-state index contributed by atoms with van der Waals surface area (Å²) in [5.74, 6) is 0. The van der Waals surface area contributed by atoms with Crippen LogP contribution in [0.15, 0.2) is 52.5 Å². The fraction of sp³-hybridized carbons (Fsp3) is 0.389. The molecule has 1 saturated heterocycles. The van der Waals surface area contributed by atoms with Crippen LogP contribution in [0.1, 0.15) is 19.3 Å². The summed E-state index contributed by atoms with van der Waals surface area (Å²) in [6.07, 6.45) is 6.44. The number of piperidine rings is 1. The van der Waals surface area contributed by atoms with Crippen LogP contribution in [0, 0.1) is 0 Å². The molecular weight excluding hydrogens is 400 g/mol. The van der Waals surface area contributed by atoms with E-state index in [4.69, 9.17) is 0 Å². The molecule has 8 nitrogen and oxygen atoms in total. The molecule has 3 rings (SSSR count). The molecule has 0 saturated carbocycles. The fourth-order valence-corrected chi connectivity index (χ4v) is 5.04. The van der Waals surface area contributed by atoms with Gasteiger partial charge in [-0.05, 0) is 49.6 Å². The van der Waals surface area contributed by atoms with Gasteiger partial charge in [0.15, 0.2) is 0 Å². The largest absolute Gasteiger partial charge is 0.370 e. The molecule has 1 aliphatic rings. The third-order valence-corrected chi connectivity index (χ3v) is 7.86. The zero-order valence-electron chi connectivity index (χ0n) is 15.9. The maximum absolute atomic E-state index is 12.8. The van der Waals surface area contributed by atoms with Crippen molar-refractivity contribution in [3.05, 3.63) is 42.7 Å². The Morgan fingerprint density at radius 1 is 0.929 bits per heavy atom. The summed E-state index contributed by atoms with van der Waals surface area (Å²) >= 11 is 0. The molecule has 1 fully saturated rings. The van der Waals surface area contributed by atoms with Crippen LogP contribution in [0.2, 0.25) is 0 Å². The monoisotopic (exact) mass is 424 g/mol. The molecule has 0 bridgehead atoms. The second-order valence-electron chi connectivity index (χ2n) is 6.80. The summed E-state index contributed by atoms with van der Waals surface area (Å²) in [7, 11) is -4.65. The minimum Gasteiger partial charge on any atom is -0.370 e. The lowest BCUT2D eigenvalue weighted by molar-refractivity contribution is 0.520. The van der Waals surface area contributed by atoms with Crippen molar-refractivity contribution in [2.24, 2.45) is 0 Å². The van der Waals surface area contributed by atoms with Crippen molar-refractivity contribution in [1.82, 2.24) is 9.29 Å². The molecule has 152 valence electrons. The zero-order valence-corrected chi connectivity index (χ0v) is 17.5. The van der Waals surface area contributed by atoms with Crippen molar-refractivity contribution in [2.45, 2.75) is 29.1 Å². The third kappa shape index (κ3) is 4.29. The molecule has 0 spiro atoms. The summed E-state index contributed by atoms with van der Waals surface area (Å²) in [5.41, 5.74) is 1.21. The Bertz CT molecular complexity index is 1030. The number of pyridine rings is 1. The first kappa shape index (κ1) is 20.6. The van der Waals surface area contributed by atoms with E-state index < -0.39 is 20.0 Å². The Morgan fingerprint density at radius 2 is 1.54 bits per heavy atom. The lowest BCUT2D eigenvalue weighted by atomic mass is 10.1. The number of benzene rings is 1. The Hall–Kier alpha value is -2.17. The molecule has 2 heterocycles. The molecule has 28 heavy (non-hydrogen) atoms. The number of sulfonamides is 2. The van der Waals surface area contributed by atoms with Crippen LogP contribution in [0.25, 0.3) is 0 Å². The highest BCUT2D eigenvalue weighted by Crippen LogP contribution is 2.29. The molecule has 0 radical (unpaired) electrons. The number of hydrogen-bond donors (Lipinski definition) is 1. The molecule has 0 amide bonds. The van der Waals surface area contributed by atoms with E-state index in [1.807, 2.05) is 0 Å². The average molecular weight is 425 g/mol. The van der Waals surface area contributed by atoms with E-state index in [1.54, 1.807) is 12.3 Å². The van der Waals surface area contributed by atoms with E-state index in [-0.39, 0.29) is 9.79 Å². The predicted molar refractivity (Wildman–Crippen MR) is 108 cm³/mol. The molecule has 1 aromatic carbocycles. The van der Waals surface area contributed by atoms with Gasteiger partial charge in [-0.15, -0.1) is 0 Å². The Balaban J connectivity index is 1.87. The normalized spacial score (nSPS) is 15.6. The van der Waals surface area contributed by atoms with Crippen LogP contribution >= 0.6 is 0 Å². The molecule has 2 aromatic rings. The smallest absolute Gasteiger partial charge is 0.262 e. The molecule has 0 aliphatic carbocycles. The van der Waals surface area contributed by atoms with Crippen molar-refractivity contribution in [3.63, 3.8) is 0 Å².